The first kappa shape index (κ1) is 58.9. The van der Waals surface area contributed by atoms with Gasteiger partial charge >= 0.3 is 24.1 Å². The van der Waals surface area contributed by atoms with Crippen LogP contribution in [0.3, 0.4) is 0 Å². The number of carbonyl (C=O) groups excluding carboxylic acids is 5. The van der Waals surface area contributed by atoms with Gasteiger partial charge in [0.1, 0.15) is 29.1 Å². The third kappa shape index (κ3) is 21.1. The Bertz CT molecular complexity index is 2000. The molecule has 2 saturated heterocycles. The predicted octanol–water partition coefficient (Wildman–Crippen LogP) is 8.00. The van der Waals surface area contributed by atoms with Crippen molar-refractivity contribution in [3.63, 3.8) is 0 Å². The largest absolute Gasteiger partial charge is 0.466 e. The molecule has 71 heavy (non-hydrogen) atoms. The highest BCUT2D eigenvalue weighted by Crippen LogP contribution is 2.30. The van der Waals surface area contributed by atoms with Crippen molar-refractivity contribution in [1.82, 2.24) is 20.2 Å². The Morgan fingerprint density at radius 1 is 0.648 bits per heavy atom. The highest BCUT2D eigenvalue weighted by atomic mass is 16.6. The highest BCUT2D eigenvalue weighted by Gasteiger charge is 2.36. The normalized spacial score (nSPS) is 17.4. The minimum absolute atomic E-state index is 0.0911. The maximum absolute atomic E-state index is 12.7. The average Bonchev–Trinajstić information content (AvgIpc) is 3.30. The number of fused-ring (bicyclic) bond motifs is 2. The van der Waals surface area contributed by atoms with Crippen molar-refractivity contribution in [2.24, 2.45) is 0 Å². The zero-order chi connectivity index (χ0) is 52.1. The number of carbonyl (C=O) groups is 5. The van der Waals surface area contributed by atoms with E-state index < -0.39 is 22.4 Å². The number of rotatable bonds is 17. The fraction of sp³-hybridized carbons (Fsp3) is 0.722. The Kier molecular flexibility index (Phi) is 23.6. The number of aldehydes is 1. The summed E-state index contributed by atoms with van der Waals surface area (Å²) in [6.07, 6.45) is 14.0. The van der Waals surface area contributed by atoms with Gasteiger partial charge in [-0.15, -0.1) is 0 Å². The molecule has 0 atom stereocenters. The minimum Gasteiger partial charge on any atom is -0.466 e. The quantitative estimate of drug-likeness (QED) is 0.0594. The summed E-state index contributed by atoms with van der Waals surface area (Å²) in [5.74, 6) is 0.880. The predicted molar refractivity (Wildman–Crippen MR) is 274 cm³/mol. The van der Waals surface area contributed by atoms with Gasteiger partial charge in [0.25, 0.3) is 0 Å². The molecule has 2 amide bonds. The van der Waals surface area contributed by atoms with Gasteiger partial charge in [-0.1, -0.05) is 18.6 Å². The summed E-state index contributed by atoms with van der Waals surface area (Å²) in [7, 11) is 0. The summed E-state index contributed by atoms with van der Waals surface area (Å²) >= 11 is 0. The van der Waals surface area contributed by atoms with Crippen LogP contribution in [0.15, 0.2) is 24.3 Å². The van der Waals surface area contributed by atoms with Gasteiger partial charge in [0, 0.05) is 44.0 Å². The Labute approximate surface area is 423 Å². The van der Waals surface area contributed by atoms with E-state index in [9.17, 15) is 34.2 Å². The number of aliphatic hydroxyl groups is 2. The molecule has 0 aromatic carbocycles. The second-order valence-electron chi connectivity index (χ2n) is 21.3. The molecule has 4 aliphatic rings. The third-order valence-electron chi connectivity index (χ3n) is 12.7. The number of nitrogens with one attached hydrogen (secondary N) is 1. The molecule has 0 saturated carbocycles. The van der Waals surface area contributed by atoms with Crippen LogP contribution in [0.1, 0.15) is 168 Å². The molecule has 398 valence electrons. The summed E-state index contributed by atoms with van der Waals surface area (Å²) in [4.78, 5) is 73.5. The molecule has 0 spiro atoms. The number of amides is 2. The fourth-order valence-corrected chi connectivity index (χ4v) is 8.98. The van der Waals surface area contributed by atoms with Crippen LogP contribution < -0.4 is 15.1 Å². The van der Waals surface area contributed by atoms with Crippen molar-refractivity contribution in [1.29, 1.82) is 0 Å². The van der Waals surface area contributed by atoms with Crippen LogP contribution in [-0.4, -0.2) is 137 Å². The number of anilines is 2. The molecule has 6 heterocycles. The molecular weight excluding hydrogens is 909 g/mol. The molecule has 2 aromatic heterocycles. The standard InChI is InChI=1S/C27H43N3O5.C18H26N2O3.C9H17NO3/c1-5-34-23(31)20-27(33)14-18-29(19-15-27)16-8-6-7-11-22-13-12-21-10-9-17-30(24(21)28-22)25(32)35-26(2,3)4;1-18(2,3)23-17(22)20-12-7-8-14-10-11-15(19-16(14)20)9-5-4-6-13-21;1-2-13-8(11)7-9(12)3-5-10-6-4-9/h12-13,33H,5-11,14-20H2,1-4H3;10-11,13H,4-9,12H2,1-3H3;10,12H,2-7H2,1H3. The number of ether oxygens (including phenoxy) is 4. The number of hydrogen-bond acceptors (Lipinski definition) is 15. The summed E-state index contributed by atoms with van der Waals surface area (Å²) in [6, 6.07) is 8.29. The van der Waals surface area contributed by atoms with Gasteiger partial charge in [0.15, 0.2) is 0 Å². The molecule has 3 N–H and O–H groups in total. The van der Waals surface area contributed by atoms with Crippen molar-refractivity contribution in [2.75, 3.05) is 68.8 Å². The van der Waals surface area contributed by atoms with Gasteiger partial charge in [0.05, 0.1) is 37.3 Å². The van der Waals surface area contributed by atoms with E-state index in [1.165, 1.54) is 0 Å². The number of esters is 2. The Balaban J connectivity index is 0.000000259. The average molecular weight is 995 g/mol. The number of nitrogens with zero attached hydrogens (tertiary/aromatic N) is 5. The van der Waals surface area contributed by atoms with Crippen LogP contribution in [-0.2, 0) is 59.0 Å². The topological polar surface area (TPSA) is 210 Å². The van der Waals surface area contributed by atoms with Crippen molar-refractivity contribution in [2.45, 2.75) is 193 Å². The van der Waals surface area contributed by atoms with Crippen molar-refractivity contribution >= 4 is 42.0 Å². The van der Waals surface area contributed by atoms with E-state index >= 15 is 0 Å². The van der Waals surface area contributed by atoms with Gasteiger partial charge in [-0.25, -0.2) is 19.6 Å². The maximum atomic E-state index is 12.7. The number of aromatic nitrogens is 2. The lowest BCUT2D eigenvalue weighted by Crippen LogP contribution is -2.45. The summed E-state index contributed by atoms with van der Waals surface area (Å²) in [5, 5.41) is 23.7. The van der Waals surface area contributed by atoms with Crippen LogP contribution in [0.25, 0.3) is 0 Å². The molecule has 17 heteroatoms. The molecular formula is C54H86N6O11. The molecule has 17 nitrogen and oxygen atoms in total. The SMILES string of the molecule is CC(C)(C)OC(=O)N1CCCc2ccc(CCCCC=O)nc21.CCOC(=O)CC1(O)CCN(CCCCCc2ccc3c(n2)N(C(=O)OC(C)(C)C)CCC3)CC1.CCOC(=O)CC1(O)CCNCC1. The lowest BCUT2D eigenvalue weighted by Gasteiger charge is -2.37. The van der Waals surface area contributed by atoms with E-state index in [0.717, 1.165) is 144 Å². The van der Waals surface area contributed by atoms with E-state index in [-0.39, 0.29) is 37.0 Å². The second-order valence-corrected chi connectivity index (χ2v) is 21.3. The van der Waals surface area contributed by atoms with Crippen LogP contribution >= 0.6 is 0 Å². The summed E-state index contributed by atoms with van der Waals surface area (Å²) in [6.45, 7) is 21.0. The van der Waals surface area contributed by atoms with Gasteiger partial charge in [-0.2, -0.15) is 0 Å². The zero-order valence-electron chi connectivity index (χ0n) is 44.3. The first-order chi connectivity index (χ1) is 33.6. The molecule has 0 aliphatic carbocycles. The Hall–Kier alpha value is -4.71. The molecule has 4 aliphatic heterocycles. The zero-order valence-corrected chi connectivity index (χ0v) is 44.3. The first-order valence-corrected chi connectivity index (χ1v) is 26.3. The lowest BCUT2D eigenvalue weighted by atomic mass is 9.88. The van der Waals surface area contributed by atoms with E-state index in [1.54, 1.807) is 23.6 Å². The summed E-state index contributed by atoms with van der Waals surface area (Å²) in [5.41, 5.74) is 1.39. The van der Waals surface area contributed by atoms with Gasteiger partial charge in [-0.3, -0.25) is 19.4 Å². The van der Waals surface area contributed by atoms with Crippen LogP contribution in [0, 0.1) is 0 Å². The van der Waals surface area contributed by atoms with E-state index in [4.69, 9.17) is 23.9 Å². The van der Waals surface area contributed by atoms with Crippen LogP contribution in [0.4, 0.5) is 21.2 Å². The number of pyridine rings is 2. The van der Waals surface area contributed by atoms with Gasteiger partial charge < -0.3 is 44.2 Å². The van der Waals surface area contributed by atoms with Gasteiger partial charge in [0.2, 0.25) is 0 Å². The molecule has 6 rings (SSSR count). The van der Waals surface area contributed by atoms with Crippen LogP contribution in [0.5, 0.6) is 0 Å². The number of hydrogen-bond donors (Lipinski definition) is 3. The number of piperidine rings is 2. The van der Waals surface area contributed by atoms with Crippen LogP contribution in [0.2, 0.25) is 0 Å². The maximum Gasteiger partial charge on any atom is 0.416 e. The van der Waals surface area contributed by atoms with Crippen molar-refractivity contribution in [3.05, 3.63) is 46.8 Å². The molecule has 0 unspecified atom stereocenters. The smallest absolute Gasteiger partial charge is 0.416 e. The Morgan fingerprint density at radius 2 is 1.10 bits per heavy atom. The third-order valence-corrected chi connectivity index (χ3v) is 12.7. The lowest BCUT2D eigenvalue weighted by molar-refractivity contribution is -0.151. The molecule has 2 aromatic rings. The number of likely N-dealkylation sites (tertiary alicyclic amines) is 1. The Morgan fingerprint density at radius 3 is 1.54 bits per heavy atom. The van der Waals surface area contributed by atoms with Crippen molar-refractivity contribution in [3.8, 4) is 0 Å². The highest BCUT2D eigenvalue weighted by molar-refractivity contribution is 5.89. The van der Waals surface area contributed by atoms with E-state index in [2.05, 4.69) is 33.4 Å². The molecule has 2 fully saturated rings. The van der Waals surface area contributed by atoms with Crippen molar-refractivity contribution < 1.29 is 53.1 Å². The monoisotopic (exact) mass is 995 g/mol. The van der Waals surface area contributed by atoms with Gasteiger partial charge in [-0.05, 0) is 188 Å². The minimum atomic E-state index is -0.923. The number of aryl methyl sites for hydroxylation is 4. The van der Waals surface area contributed by atoms with E-state index in [0.29, 0.717) is 58.4 Å². The molecule has 0 radical (unpaired) electrons. The summed E-state index contributed by atoms with van der Waals surface area (Å²) < 4.78 is 20.9. The first-order valence-electron chi connectivity index (χ1n) is 26.3. The van der Waals surface area contributed by atoms with E-state index in [1.807, 2.05) is 47.6 Å². The fourth-order valence-electron chi connectivity index (χ4n) is 8.98. The second kappa shape index (κ2) is 28.5. The number of unbranched alkanes of at least 4 members (excludes halogenated alkanes) is 4. The molecule has 0 bridgehead atoms.